The number of hydrogen-bond donors (Lipinski definition) is 4. The maximum absolute atomic E-state index is 12.4. The lowest BCUT2D eigenvalue weighted by atomic mass is 10.0. The molecule has 2 unspecified atom stereocenters. The first-order valence-electron chi connectivity index (χ1n) is 15.0. The molecule has 42 heavy (non-hydrogen) atoms. The molecule has 2 rings (SSSR count). The van der Waals surface area contributed by atoms with Crippen LogP contribution < -0.4 is 31.2 Å². The van der Waals surface area contributed by atoms with Gasteiger partial charge in [-0.3, -0.25) is 40.9 Å². The van der Waals surface area contributed by atoms with Crippen LogP contribution in [0, 0.1) is 11.8 Å². The van der Waals surface area contributed by atoms with Crippen LogP contribution in [0.1, 0.15) is 99.8 Å². The maximum Gasteiger partial charge on any atom is 0.329 e. The normalized spacial score (nSPS) is 12.0. The summed E-state index contributed by atoms with van der Waals surface area (Å²) < 4.78 is 11.7. The largest absolute Gasteiger partial charge is 0.493 e. The minimum Gasteiger partial charge on any atom is -0.493 e. The third-order valence-corrected chi connectivity index (χ3v) is 7.08. The van der Waals surface area contributed by atoms with Crippen molar-refractivity contribution in [3.63, 3.8) is 0 Å². The van der Waals surface area contributed by atoms with Gasteiger partial charge >= 0.3 is 11.8 Å². The molecule has 0 aromatic heterocycles. The van der Waals surface area contributed by atoms with E-state index in [2.05, 4.69) is 38.5 Å². The van der Waals surface area contributed by atoms with E-state index in [1.54, 1.807) is 48.5 Å². The third-order valence-electron chi connectivity index (χ3n) is 7.08. The van der Waals surface area contributed by atoms with E-state index in [4.69, 9.17) is 9.47 Å². The first-order chi connectivity index (χ1) is 20.3. The van der Waals surface area contributed by atoms with Crippen molar-refractivity contribution in [2.75, 3.05) is 13.2 Å². The van der Waals surface area contributed by atoms with Gasteiger partial charge in [0, 0.05) is 11.1 Å². The van der Waals surface area contributed by atoms with Gasteiger partial charge in [0.05, 0.1) is 13.2 Å². The number of hydrogen-bond acceptors (Lipinski definition) is 6. The van der Waals surface area contributed by atoms with E-state index in [1.165, 1.54) is 12.8 Å². The molecule has 4 N–H and O–H groups in total. The number of ether oxygens (including phenoxy) is 2. The smallest absolute Gasteiger partial charge is 0.329 e. The van der Waals surface area contributed by atoms with Crippen molar-refractivity contribution >= 4 is 23.6 Å². The number of unbranched alkanes of at least 4 members (excludes halogenated alkanes) is 2. The van der Waals surface area contributed by atoms with E-state index in [0.717, 1.165) is 38.5 Å². The van der Waals surface area contributed by atoms with Crippen LogP contribution in [0.25, 0.3) is 0 Å². The lowest BCUT2D eigenvalue weighted by molar-refractivity contribution is -0.140. The molecule has 2 atom stereocenters. The van der Waals surface area contributed by atoms with Crippen molar-refractivity contribution in [3.05, 3.63) is 59.7 Å². The molecule has 10 heteroatoms. The van der Waals surface area contributed by atoms with Crippen LogP contribution in [-0.4, -0.2) is 36.8 Å². The molecule has 0 saturated carbocycles. The average Bonchev–Trinajstić information content (AvgIpc) is 3.02. The van der Waals surface area contributed by atoms with Crippen LogP contribution in [0.2, 0.25) is 0 Å². The third kappa shape index (κ3) is 12.2. The van der Waals surface area contributed by atoms with E-state index in [0.29, 0.717) is 36.5 Å². The van der Waals surface area contributed by atoms with Gasteiger partial charge in [-0.05, 0) is 73.2 Å². The zero-order chi connectivity index (χ0) is 30.7. The molecule has 0 aliphatic heterocycles. The summed E-state index contributed by atoms with van der Waals surface area (Å²) in [6, 6.07) is 13.0. The van der Waals surface area contributed by atoms with Crippen molar-refractivity contribution in [3.8, 4) is 11.5 Å². The van der Waals surface area contributed by atoms with E-state index in [9.17, 15) is 19.2 Å². The zero-order valence-corrected chi connectivity index (χ0v) is 25.3. The molecule has 0 heterocycles. The van der Waals surface area contributed by atoms with Crippen LogP contribution >= 0.6 is 0 Å². The fourth-order valence-corrected chi connectivity index (χ4v) is 4.11. The molecule has 10 nitrogen and oxygen atoms in total. The molecule has 0 radical (unpaired) electrons. The minimum atomic E-state index is -1.15. The Morgan fingerprint density at radius 3 is 1.24 bits per heavy atom. The number of carbonyl (C=O) groups is 4. The monoisotopic (exact) mass is 582 g/mol. The molecular formula is C32H46N4O6. The van der Waals surface area contributed by atoms with Crippen LogP contribution in [0.3, 0.4) is 0 Å². The molecule has 230 valence electrons. The molecule has 0 aliphatic rings. The first kappa shape index (κ1) is 34.1. The van der Waals surface area contributed by atoms with E-state index >= 15 is 0 Å². The van der Waals surface area contributed by atoms with Gasteiger partial charge in [-0.2, -0.15) is 0 Å². The van der Waals surface area contributed by atoms with Gasteiger partial charge in [0.2, 0.25) is 0 Å². The summed E-state index contributed by atoms with van der Waals surface area (Å²) in [6.07, 6.45) is 8.95. The Morgan fingerprint density at radius 2 is 0.929 bits per heavy atom. The highest BCUT2D eigenvalue weighted by Crippen LogP contribution is 2.18. The fourth-order valence-electron chi connectivity index (χ4n) is 4.11. The highest BCUT2D eigenvalue weighted by Gasteiger charge is 2.17. The number of amides is 4. The molecular weight excluding hydrogens is 536 g/mol. The highest BCUT2D eigenvalue weighted by atomic mass is 16.5. The number of rotatable bonds is 16. The van der Waals surface area contributed by atoms with E-state index < -0.39 is 23.6 Å². The Morgan fingerprint density at radius 1 is 0.571 bits per heavy atom. The summed E-state index contributed by atoms with van der Waals surface area (Å²) in [5.41, 5.74) is 8.94. The number of carbonyl (C=O) groups excluding carboxylic acids is 4. The molecule has 0 aliphatic carbocycles. The number of hydrazine groups is 2. The van der Waals surface area contributed by atoms with Gasteiger partial charge in [-0.1, -0.05) is 66.2 Å². The van der Waals surface area contributed by atoms with Crippen molar-refractivity contribution in [2.24, 2.45) is 11.8 Å². The summed E-state index contributed by atoms with van der Waals surface area (Å²) in [4.78, 5) is 48.9. The Labute approximate surface area is 249 Å². The predicted octanol–water partition coefficient (Wildman–Crippen LogP) is 5.10. The van der Waals surface area contributed by atoms with Crippen LogP contribution in [0.15, 0.2) is 48.5 Å². The van der Waals surface area contributed by atoms with E-state index in [-0.39, 0.29) is 11.1 Å². The minimum absolute atomic E-state index is 0.271. The van der Waals surface area contributed by atoms with Crippen molar-refractivity contribution in [1.29, 1.82) is 0 Å². The molecule has 2 aromatic carbocycles. The van der Waals surface area contributed by atoms with Crippen molar-refractivity contribution in [1.82, 2.24) is 21.7 Å². The Bertz CT molecular complexity index is 1030. The van der Waals surface area contributed by atoms with Gasteiger partial charge in [-0.15, -0.1) is 0 Å². The number of nitrogens with one attached hydrogen (secondary N) is 4. The Kier molecular flexibility index (Phi) is 15.5. The Hall–Kier alpha value is -4.08. The van der Waals surface area contributed by atoms with Gasteiger partial charge in [0.15, 0.2) is 0 Å². The second kappa shape index (κ2) is 19.1. The highest BCUT2D eigenvalue weighted by molar-refractivity contribution is 6.35. The first-order valence-corrected chi connectivity index (χ1v) is 15.0. The summed E-state index contributed by atoms with van der Waals surface area (Å²) in [5, 5.41) is 0. The SMILES string of the molecule is CCCCC(CC)COc1ccc(C(=O)NNC(=O)C(=O)NNC(=O)c2ccc(OCC(CC)CCCC)cc2)cc1. The van der Waals surface area contributed by atoms with Gasteiger partial charge in [0.1, 0.15) is 11.5 Å². The van der Waals surface area contributed by atoms with Gasteiger partial charge in [-0.25, -0.2) is 0 Å². The number of benzene rings is 2. The maximum atomic E-state index is 12.4. The van der Waals surface area contributed by atoms with Crippen molar-refractivity contribution in [2.45, 2.75) is 79.1 Å². The van der Waals surface area contributed by atoms with Gasteiger partial charge in [0.25, 0.3) is 11.8 Å². The summed E-state index contributed by atoms with van der Waals surface area (Å²) >= 11 is 0. The second-order valence-corrected chi connectivity index (χ2v) is 10.3. The molecule has 2 aromatic rings. The van der Waals surface area contributed by atoms with Crippen LogP contribution in [0.5, 0.6) is 11.5 Å². The van der Waals surface area contributed by atoms with Crippen molar-refractivity contribution < 1.29 is 28.7 Å². The summed E-state index contributed by atoms with van der Waals surface area (Å²) in [5.74, 6) is -1.27. The second-order valence-electron chi connectivity index (χ2n) is 10.3. The Balaban J connectivity index is 1.73. The molecule has 0 saturated heterocycles. The standard InChI is InChI=1S/C32H46N4O6/c1-5-9-11-23(7-3)21-41-27-17-13-25(14-18-27)29(37)33-35-31(39)32(40)36-34-30(38)26-15-19-28(20-16-26)42-22-24(8-4)12-10-6-2/h13-20,23-24H,5-12,21-22H2,1-4H3,(H,33,37)(H,34,38)(H,35,39)(H,36,40). The summed E-state index contributed by atoms with van der Waals surface area (Å²) in [6.45, 7) is 9.85. The van der Waals surface area contributed by atoms with Crippen LogP contribution in [0.4, 0.5) is 0 Å². The lowest BCUT2D eigenvalue weighted by Crippen LogP contribution is -2.52. The average molecular weight is 583 g/mol. The fraction of sp³-hybridized carbons (Fsp3) is 0.500. The predicted molar refractivity (Wildman–Crippen MR) is 162 cm³/mol. The molecule has 0 bridgehead atoms. The summed E-state index contributed by atoms with van der Waals surface area (Å²) in [7, 11) is 0. The van der Waals surface area contributed by atoms with Gasteiger partial charge < -0.3 is 9.47 Å². The van der Waals surface area contributed by atoms with Crippen LogP contribution in [-0.2, 0) is 9.59 Å². The van der Waals surface area contributed by atoms with E-state index in [1.807, 2.05) is 10.9 Å². The molecule has 0 spiro atoms. The quantitative estimate of drug-likeness (QED) is 0.161. The zero-order valence-electron chi connectivity index (χ0n) is 25.3. The lowest BCUT2D eigenvalue weighted by Gasteiger charge is -2.15. The molecule has 0 fully saturated rings. The topological polar surface area (TPSA) is 135 Å². The molecule has 4 amide bonds.